The van der Waals surface area contributed by atoms with Crippen molar-refractivity contribution in [3.05, 3.63) is 186 Å². The molecular weight excluding hydrogens is 709 g/mol. The lowest BCUT2D eigenvalue weighted by Gasteiger charge is -2.42. The Morgan fingerprint density at radius 2 is 0.855 bits per heavy atom. The van der Waals surface area contributed by atoms with Gasteiger partial charge in [0.15, 0.2) is 5.82 Å². The Bertz CT molecular complexity index is 2350. The van der Waals surface area contributed by atoms with E-state index >= 15 is 26.3 Å². The molecule has 2 heterocycles. The van der Waals surface area contributed by atoms with Crippen molar-refractivity contribution in [2.45, 2.75) is 37.0 Å². The Morgan fingerprint density at radius 1 is 0.455 bits per heavy atom. The van der Waals surface area contributed by atoms with E-state index in [1.54, 1.807) is 6.07 Å². The number of nitrogens with zero attached hydrogens (tertiary/aromatic N) is 3. The summed E-state index contributed by atoms with van der Waals surface area (Å²) in [6, 6.07) is 44.3. The molecule has 0 radical (unpaired) electrons. The molecule has 0 saturated carbocycles. The molecule has 8 rings (SSSR count). The summed E-state index contributed by atoms with van der Waals surface area (Å²) in [6.07, 6.45) is -11.5. The van der Waals surface area contributed by atoms with E-state index in [1.807, 2.05) is 114 Å². The number of halogens is 6. The Balaban J connectivity index is 1.23. The first-order valence-corrected chi connectivity index (χ1v) is 17.6. The monoisotopic (exact) mass is 741 g/mol. The molecular formula is C46H33F6N3. The summed E-state index contributed by atoms with van der Waals surface area (Å²) in [7, 11) is 0. The fraction of sp³-hybridized carbons (Fsp3) is 0.130. The number of para-hydroxylation sites is 2. The van der Waals surface area contributed by atoms with Gasteiger partial charge in [-0.3, -0.25) is 0 Å². The lowest BCUT2D eigenvalue weighted by molar-refractivity contribution is -0.288. The summed E-state index contributed by atoms with van der Waals surface area (Å²) in [5.74, 6) is 0.364. The summed E-state index contributed by atoms with van der Waals surface area (Å²) < 4.78 is 92.0. The van der Waals surface area contributed by atoms with E-state index in [-0.39, 0.29) is 0 Å². The SMILES string of the molecule is CC1(C)c2ccccc2N(c2ccc(C(c3ccc(-c4cc(-c5ccccc5)nc(-c5ccccc5)n4)cc3)(C(F)(F)F)C(F)(F)F)cc2)c2ccccc21. The van der Waals surface area contributed by atoms with Gasteiger partial charge in [-0.1, -0.05) is 147 Å². The molecule has 3 nitrogen and oxygen atoms in total. The summed E-state index contributed by atoms with van der Waals surface area (Å²) >= 11 is 0. The van der Waals surface area contributed by atoms with Crippen LogP contribution in [0.5, 0.6) is 0 Å². The van der Waals surface area contributed by atoms with E-state index < -0.39 is 34.3 Å². The topological polar surface area (TPSA) is 29.0 Å². The van der Waals surface area contributed by atoms with Crippen LogP contribution in [0.3, 0.4) is 0 Å². The van der Waals surface area contributed by atoms with Crippen molar-refractivity contribution in [1.29, 1.82) is 0 Å². The number of hydrogen-bond donors (Lipinski definition) is 0. The number of aromatic nitrogens is 2. The van der Waals surface area contributed by atoms with Gasteiger partial charge in [-0.05, 0) is 52.6 Å². The highest BCUT2D eigenvalue weighted by atomic mass is 19.4. The summed E-state index contributed by atoms with van der Waals surface area (Å²) in [4.78, 5) is 11.3. The van der Waals surface area contributed by atoms with Crippen LogP contribution in [0.1, 0.15) is 36.1 Å². The minimum atomic E-state index is -5.75. The van der Waals surface area contributed by atoms with E-state index in [0.29, 0.717) is 34.0 Å². The van der Waals surface area contributed by atoms with Crippen molar-refractivity contribution in [3.8, 4) is 33.9 Å². The Labute approximate surface area is 314 Å². The molecule has 0 saturated heterocycles. The van der Waals surface area contributed by atoms with Gasteiger partial charge in [-0.25, -0.2) is 9.97 Å². The van der Waals surface area contributed by atoms with Crippen LogP contribution >= 0.6 is 0 Å². The minimum Gasteiger partial charge on any atom is -0.310 e. The molecule has 0 amide bonds. The van der Waals surface area contributed by atoms with E-state index in [4.69, 9.17) is 4.98 Å². The molecule has 6 aromatic carbocycles. The molecule has 0 bridgehead atoms. The molecule has 1 aromatic heterocycles. The summed E-state index contributed by atoms with van der Waals surface area (Å²) in [6.45, 7) is 4.18. The molecule has 0 spiro atoms. The number of benzene rings is 6. The number of alkyl halides is 6. The van der Waals surface area contributed by atoms with E-state index in [0.717, 1.165) is 52.3 Å². The molecule has 0 fully saturated rings. The average molecular weight is 742 g/mol. The molecule has 1 aliphatic rings. The lowest BCUT2D eigenvalue weighted by Crippen LogP contribution is -2.54. The third-order valence-corrected chi connectivity index (χ3v) is 10.5. The molecule has 0 atom stereocenters. The maximum atomic E-state index is 15.3. The van der Waals surface area contributed by atoms with Crippen LogP contribution in [0.25, 0.3) is 33.9 Å². The minimum absolute atomic E-state index is 0.333. The van der Waals surface area contributed by atoms with Crippen molar-refractivity contribution < 1.29 is 26.3 Å². The zero-order chi connectivity index (χ0) is 38.6. The van der Waals surface area contributed by atoms with Crippen LogP contribution in [-0.2, 0) is 10.8 Å². The predicted octanol–water partition coefficient (Wildman–Crippen LogP) is 13.0. The summed E-state index contributed by atoms with van der Waals surface area (Å²) in [5, 5.41) is 0. The Morgan fingerprint density at radius 3 is 1.33 bits per heavy atom. The second-order valence-electron chi connectivity index (χ2n) is 14.1. The van der Waals surface area contributed by atoms with Gasteiger partial charge >= 0.3 is 12.4 Å². The van der Waals surface area contributed by atoms with Gasteiger partial charge in [-0.2, -0.15) is 26.3 Å². The van der Waals surface area contributed by atoms with Crippen LogP contribution in [0.4, 0.5) is 43.4 Å². The third-order valence-electron chi connectivity index (χ3n) is 10.5. The lowest BCUT2D eigenvalue weighted by atomic mass is 9.72. The fourth-order valence-corrected chi connectivity index (χ4v) is 7.75. The van der Waals surface area contributed by atoms with E-state index in [2.05, 4.69) is 18.8 Å². The second kappa shape index (κ2) is 13.3. The molecule has 0 aliphatic carbocycles. The van der Waals surface area contributed by atoms with Crippen LogP contribution in [-0.4, -0.2) is 22.3 Å². The maximum Gasteiger partial charge on any atom is 0.411 e. The van der Waals surface area contributed by atoms with E-state index in [9.17, 15) is 0 Å². The second-order valence-corrected chi connectivity index (χ2v) is 14.1. The highest BCUT2D eigenvalue weighted by Gasteiger charge is 2.72. The van der Waals surface area contributed by atoms with E-state index in [1.165, 1.54) is 24.3 Å². The largest absolute Gasteiger partial charge is 0.411 e. The van der Waals surface area contributed by atoms with Crippen molar-refractivity contribution in [3.63, 3.8) is 0 Å². The van der Waals surface area contributed by atoms with Crippen molar-refractivity contribution >= 4 is 17.1 Å². The highest BCUT2D eigenvalue weighted by molar-refractivity contribution is 5.86. The summed E-state index contributed by atoms with van der Waals surface area (Å²) in [5.41, 5.74) is 0.0681. The van der Waals surface area contributed by atoms with Gasteiger partial charge in [0.1, 0.15) is 0 Å². The molecule has 55 heavy (non-hydrogen) atoms. The zero-order valence-electron chi connectivity index (χ0n) is 29.7. The molecule has 7 aromatic rings. The molecule has 1 aliphatic heterocycles. The molecule has 9 heteroatoms. The molecule has 0 unspecified atom stereocenters. The fourth-order valence-electron chi connectivity index (χ4n) is 7.75. The first-order valence-electron chi connectivity index (χ1n) is 17.6. The normalized spacial score (nSPS) is 13.9. The Kier molecular flexibility index (Phi) is 8.63. The number of anilines is 3. The highest BCUT2D eigenvalue weighted by Crippen LogP contribution is 2.57. The maximum absolute atomic E-state index is 15.3. The first-order chi connectivity index (χ1) is 26.3. The van der Waals surface area contributed by atoms with Crippen LogP contribution in [0, 0.1) is 0 Å². The quantitative estimate of drug-likeness (QED) is 0.159. The molecule has 0 N–H and O–H groups in total. The average Bonchev–Trinajstić information content (AvgIpc) is 3.18. The van der Waals surface area contributed by atoms with Crippen LogP contribution in [0.15, 0.2) is 164 Å². The van der Waals surface area contributed by atoms with Crippen molar-refractivity contribution in [2.75, 3.05) is 4.90 Å². The molecule has 274 valence electrons. The Hall–Kier alpha value is -6.22. The van der Waals surface area contributed by atoms with Crippen molar-refractivity contribution in [2.24, 2.45) is 0 Å². The standard InChI is InChI=1S/C46H33F6N3/c1-43(2)36-17-9-11-19-40(36)55(41-20-12-10-18-37(41)43)35-27-25-34(26-28-35)44(45(47,48)49,46(50,51)52)33-23-21-31(22-24-33)39-29-38(30-13-5-3-6-14-30)53-42(54-39)32-15-7-4-8-16-32/h3-29H,1-2H3. The first kappa shape index (κ1) is 35.8. The number of hydrogen-bond acceptors (Lipinski definition) is 3. The van der Waals surface area contributed by atoms with Gasteiger partial charge in [0.05, 0.1) is 22.8 Å². The van der Waals surface area contributed by atoms with Crippen molar-refractivity contribution in [1.82, 2.24) is 9.97 Å². The van der Waals surface area contributed by atoms with Crippen LogP contribution in [0.2, 0.25) is 0 Å². The predicted molar refractivity (Wildman–Crippen MR) is 204 cm³/mol. The van der Waals surface area contributed by atoms with Crippen LogP contribution < -0.4 is 4.90 Å². The number of rotatable bonds is 6. The zero-order valence-corrected chi connectivity index (χ0v) is 29.7. The van der Waals surface area contributed by atoms with Gasteiger partial charge in [-0.15, -0.1) is 0 Å². The van der Waals surface area contributed by atoms with Gasteiger partial charge in [0.2, 0.25) is 5.41 Å². The third kappa shape index (κ3) is 5.95. The smallest absolute Gasteiger partial charge is 0.310 e. The van der Waals surface area contributed by atoms with Gasteiger partial charge in [0.25, 0.3) is 0 Å². The van der Waals surface area contributed by atoms with Gasteiger partial charge < -0.3 is 4.90 Å². The van der Waals surface area contributed by atoms with Gasteiger partial charge in [0, 0.05) is 27.8 Å². The number of fused-ring (bicyclic) bond motifs is 2.